The number of aryl methyl sites for hydroxylation is 1. The summed E-state index contributed by atoms with van der Waals surface area (Å²) < 4.78 is 10.3. The smallest absolute Gasteiger partial charge is 0.339 e. The molecule has 0 bridgehead atoms. The molecule has 0 aliphatic carbocycles. The molecule has 0 fully saturated rings. The van der Waals surface area contributed by atoms with Crippen LogP contribution in [0.15, 0.2) is 24.3 Å². The number of carbonyl (C=O) groups is 2. The van der Waals surface area contributed by atoms with Crippen molar-refractivity contribution >= 4 is 30.0 Å². The molecule has 0 aliphatic heterocycles. The molecule has 1 heterocycles. The molecule has 0 aliphatic rings. The number of aromatic nitrogens is 1. The van der Waals surface area contributed by atoms with Crippen molar-refractivity contribution in [2.75, 3.05) is 25.6 Å². The summed E-state index contributed by atoms with van der Waals surface area (Å²) in [4.78, 5) is 27.8. The second-order valence-corrected chi connectivity index (χ2v) is 5.84. The summed E-state index contributed by atoms with van der Waals surface area (Å²) in [5, 5.41) is 2.84. The molecule has 0 saturated carbocycles. The van der Waals surface area contributed by atoms with Gasteiger partial charge in [0.2, 0.25) is 0 Å². The Bertz CT molecular complexity index is 772. The third kappa shape index (κ3) is 5.48. The molecule has 1 aromatic carbocycles. The number of nitrogens with one attached hydrogen (secondary N) is 2. The number of nitrogens with two attached hydrogens (primary N) is 1. The molecule has 8 heteroatoms. The molecule has 0 spiro atoms. The van der Waals surface area contributed by atoms with Gasteiger partial charge in [-0.3, -0.25) is 4.79 Å². The van der Waals surface area contributed by atoms with Gasteiger partial charge in [-0.1, -0.05) is 13.3 Å². The summed E-state index contributed by atoms with van der Waals surface area (Å²) in [7, 11) is 1.33. The highest BCUT2D eigenvalue weighted by Crippen LogP contribution is 2.23. The highest BCUT2D eigenvalue weighted by atomic mass is 35.5. The Hall–Kier alpha value is -2.51. The molecule has 2 aromatic rings. The fourth-order valence-corrected chi connectivity index (χ4v) is 2.75. The molecule has 0 saturated heterocycles. The molecule has 0 atom stereocenters. The molecule has 148 valence electrons. The highest BCUT2D eigenvalue weighted by molar-refractivity contribution is 6.07. The van der Waals surface area contributed by atoms with Gasteiger partial charge in [0.25, 0.3) is 5.91 Å². The fourth-order valence-electron chi connectivity index (χ4n) is 2.75. The molecule has 1 amide bonds. The van der Waals surface area contributed by atoms with E-state index in [2.05, 4.69) is 10.3 Å². The van der Waals surface area contributed by atoms with Crippen molar-refractivity contribution in [3.05, 3.63) is 46.8 Å². The van der Waals surface area contributed by atoms with Gasteiger partial charge in [-0.15, -0.1) is 12.4 Å². The minimum atomic E-state index is -0.442. The monoisotopic (exact) mass is 395 g/mol. The van der Waals surface area contributed by atoms with Crippen molar-refractivity contribution in [2.24, 2.45) is 5.73 Å². The zero-order chi connectivity index (χ0) is 19.1. The lowest BCUT2D eigenvalue weighted by atomic mass is 10.0. The van der Waals surface area contributed by atoms with Gasteiger partial charge in [-0.05, 0) is 43.2 Å². The summed E-state index contributed by atoms with van der Waals surface area (Å²) in [6.07, 6.45) is 1.40. The average molecular weight is 396 g/mol. The van der Waals surface area contributed by atoms with Gasteiger partial charge in [-0.2, -0.15) is 0 Å². The summed E-state index contributed by atoms with van der Waals surface area (Å²) in [5.41, 5.74) is 8.15. The van der Waals surface area contributed by atoms with Gasteiger partial charge >= 0.3 is 5.97 Å². The Morgan fingerprint density at radius 3 is 2.44 bits per heavy atom. The maximum absolute atomic E-state index is 12.7. The number of anilines is 1. The normalized spacial score (nSPS) is 10.1. The summed E-state index contributed by atoms with van der Waals surface area (Å²) in [6.45, 7) is 4.62. The summed E-state index contributed by atoms with van der Waals surface area (Å²) >= 11 is 0. The van der Waals surface area contributed by atoms with Gasteiger partial charge < -0.3 is 25.5 Å². The molecule has 1 aromatic heterocycles. The first-order chi connectivity index (χ1) is 12.5. The quantitative estimate of drug-likeness (QED) is 0.595. The Kier molecular flexibility index (Phi) is 8.84. The lowest BCUT2D eigenvalue weighted by molar-refractivity contribution is 0.0599. The topological polar surface area (TPSA) is 106 Å². The number of carbonyl (C=O) groups excluding carboxylic acids is 2. The Morgan fingerprint density at radius 2 is 1.89 bits per heavy atom. The van der Waals surface area contributed by atoms with E-state index in [0.29, 0.717) is 53.5 Å². The predicted molar refractivity (Wildman–Crippen MR) is 107 cm³/mol. The van der Waals surface area contributed by atoms with Gasteiger partial charge in [0.1, 0.15) is 18.1 Å². The van der Waals surface area contributed by atoms with Crippen molar-refractivity contribution in [3.63, 3.8) is 0 Å². The number of amides is 1. The van der Waals surface area contributed by atoms with Crippen LogP contribution >= 0.6 is 12.4 Å². The predicted octanol–water partition coefficient (Wildman–Crippen LogP) is 3.07. The molecular weight excluding hydrogens is 370 g/mol. The van der Waals surface area contributed by atoms with Crippen LogP contribution in [0.5, 0.6) is 5.75 Å². The lowest BCUT2D eigenvalue weighted by Crippen LogP contribution is -2.15. The number of benzene rings is 1. The van der Waals surface area contributed by atoms with E-state index in [1.807, 2.05) is 6.92 Å². The zero-order valence-corrected chi connectivity index (χ0v) is 16.6. The van der Waals surface area contributed by atoms with E-state index in [1.54, 1.807) is 31.2 Å². The van der Waals surface area contributed by atoms with Crippen LogP contribution in [-0.2, 0) is 11.2 Å². The highest BCUT2D eigenvalue weighted by Gasteiger charge is 2.24. The fraction of sp³-hybridized carbons (Fsp3) is 0.368. The molecule has 27 heavy (non-hydrogen) atoms. The number of H-pyrrole nitrogens is 1. The van der Waals surface area contributed by atoms with Crippen LogP contribution in [0.4, 0.5) is 5.69 Å². The average Bonchev–Trinajstić information content (AvgIpc) is 2.97. The van der Waals surface area contributed by atoms with E-state index in [4.69, 9.17) is 15.2 Å². The van der Waals surface area contributed by atoms with Crippen LogP contribution in [0, 0.1) is 6.92 Å². The Morgan fingerprint density at radius 1 is 1.22 bits per heavy atom. The van der Waals surface area contributed by atoms with Crippen LogP contribution in [-0.4, -0.2) is 37.1 Å². The van der Waals surface area contributed by atoms with Gasteiger partial charge in [0.15, 0.2) is 0 Å². The van der Waals surface area contributed by atoms with E-state index in [1.165, 1.54) is 7.11 Å². The maximum atomic E-state index is 12.7. The number of halogens is 1. The van der Waals surface area contributed by atoms with Crippen molar-refractivity contribution in [3.8, 4) is 5.75 Å². The van der Waals surface area contributed by atoms with Crippen LogP contribution in [0.2, 0.25) is 0 Å². The number of methoxy groups -OCH3 is 1. The molecule has 7 nitrogen and oxygen atoms in total. The van der Waals surface area contributed by atoms with E-state index in [9.17, 15) is 9.59 Å². The van der Waals surface area contributed by atoms with E-state index >= 15 is 0 Å². The van der Waals surface area contributed by atoms with Crippen molar-refractivity contribution in [1.29, 1.82) is 0 Å². The molecule has 4 N–H and O–H groups in total. The SMILES string of the molecule is CCCc1c(C(=O)Nc2ccc(OCCN)cc2)[nH]c(C)c1C(=O)OC.Cl. The number of hydrogen-bond acceptors (Lipinski definition) is 5. The molecule has 0 radical (unpaired) electrons. The standard InChI is InChI=1S/C19H25N3O4.ClH/c1-4-5-15-16(19(24)25-3)12(2)21-17(15)18(23)22-13-6-8-14(9-7-13)26-11-10-20;/h6-9,21H,4-5,10-11,20H2,1-3H3,(H,22,23);1H. The first-order valence-electron chi connectivity index (χ1n) is 8.55. The number of ether oxygens (including phenoxy) is 2. The maximum Gasteiger partial charge on any atom is 0.339 e. The largest absolute Gasteiger partial charge is 0.492 e. The van der Waals surface area contributed by atoms with Crippen LogP contribution < -0.4 is 15.8 Å². The summed E-state index contributed by atoms with van der Waals surface area (Å²) in [6, 6.07) is 7.02. The van der Waals surface area contributed by atoms with Gasteiger partial charge in [0.05, 0.1) is 12.7 Å². The lowest BCUT2D eigenvalue weighted by Gasteiger charge is -2.09. The minimum Gasteiger partial charge on any atom is -0.492 e. The Balaban J connectivity index is 0.00000364. The molecule has 2 rings (SSSR count). The first kappa shape index (κ1) is 22.5. The summed E-state index contributed by atoms with van der Waals surface area (Å²) in [5.74, 6) is -0.0613. The molecule has 0 unspecified atom stereocenters. The van der Waals surface area contributed by atoms with E-state index in [0.717, 1.165) is 6.42 Å². The van der Waals surface area contributed by atoms with Crippen molar-refractivity contribution < 1.29 is 19.1 Å². The second kappa shape index (κ2) is 10.6. The van der Waals surface area contributed by atoms with Crippen molar-refractivity contribution in [2.45, 2.75) is 26.7 Å². The van der Waals surface area contributed by atoms with Crippen LogP contribution in [0.25, 0.3) is 0 Å². The van der Waals surface area contributed by atoms with Gasteiger partial charge in [0, 0.05) is 17.9 Å². The van der Waals surface area contributed by atoms with Crippen LogP contribution in [0.1, 0.15) is 45.4 Å². The number of rotatable bonds is 8. The minimum absolute atomic E-state index is 0. The molecular formula is C19H26ClN3O4. The van der Waals surface area contributed by atoms with E-state index in [-0.39, 0.29) is 18.3 Å². The van der Waals surface area contributed by atoms with Crippen molar-refractivity contribution in [1.82, 2.24) is 4.98 Å². The zero-order valence-electron chi connectivity index (χ0n) is 15.8. The number of hydrogen-bond donors (Lipinski definition) is 3. The third-order valence-electron chi connectivity index (χ3n) is 3.91. The third-order valence-corrected chi connectivity index (χ3v) is 3.91. The second-order valence-electron chi connectivity index (χ2n) is 5.84. The van der Waals surface area contributed by atoms with E-state index < -0.39 is 5.97 Å². The van der Waals surface area contributed by atoms with Gasteiger partial charge in [-0.25, -0.2) is 4.79 Å². The first-order valence-corrected chi connectivity index (χ1v) is 8.55. The van der Waals surface area contributed by atoms with Crippen LogP contribution in [0.3, 0.4) is 0 Å². The Labute approximate surface area is 165 Å². The number of esters is 1. The number of aromatic amines is 1.